The Morgan fingerprint density at radius 3 is 1.14 bits per heavy atom. The molecule has 0 aliphatic heterocycles. The highest BCUT2D eigenvalue weighted by Gasteiger charge is 2.26. The van der Waals surface area contributed by atoms with E-state index >= 15 is 0 Å². The summed E-state index contributed by atoms with van der Waals surface area (Å²) in [7, 11) is -2.47. The summed E-state index contributed by atoms with van der Waals surface area (Å²) in [6.07, 6.45) is 0. The summed E-state index contributed by atoms with van der Waals surface area (Å²) < 4.78 is 154. The lowest BCUT2D eigenvalue weighted by Crippen LogP contribution is -2.23. The molecule has 2 atom stereocenters. The number of ether oxygens (including phenoxy) is 1. The van der Waals surface area contributed by atoms with E-state index in [1.54, 1.807) is 13.8 Å². The van der Waals surface area contributed by atoms with E-state index in [9.17, 15) is 60.8 Å². The molecule has 0 heterocycles. The van der Waals surface area contributed by atoms with Gasteiger partial charge in [-0.25, -0.2) is 64.1 Å². The molecule has 356 valence electrons. The molecule has 0 aromatic heterocycles. The zero-order chi connectivity index (χ0) is 49.9. The van der Waals surface area contributed by atoms with E-state index in [4.69, 9.17) is 20.5 Å². The molecule has 4 aromatic carbocycles. The molecule has 0 saturated heterocycles. The van der Waals surface area contributed by atoms with Gasteiger partial charge in [0.15, 0.2) is 0 Å². The van der Waals surface area contributed by atoms with Crippen LogP contribution in [0.2, 0.25) is 0 Å². The number of halogens is 7. The minimum Gasteiger partial charge on any atom is -0.481 e. The number of benzene rings is 4. The molecule has 0 saturated carbocycles. The van der Waals surface area contributed by atoms with E-state index < -0.39 is 101 Å². The van der Waals surface area contributed by atoms with Gasteiger partial charge in [-0.1, -0.05) is 44.0 Å². The predicted molar refractivity (Wildman–Crippen MR) is 238 cm³/mol. The zero-order valence-electron chi connectivity index (χ0n) is 35.3. The Morgan fingerprint density at radius 2 is 0.875 bits per heavy atom. The van der Waals surface area contributed by atoms with Gasteiger partial charge in [0.25, 0.3) is 9.05 Å². The first-order chi connectivity index (χ1) is 29.1. The Labute approximate surface area is 391 Å². The lowest BCUT2D eigenvalue weighted by atomic mass is 10.0. The van der Waals surface area contributed by atoms with Crippen molar-refractivity contribution in [2.24, 2.45) is 0 Å². The molecule has 26 heteroatoms. The van der Waals surface area contributed by atoms with Crippen LogP contribution < -0.4 is 0 Å². The molecule has 0 spiro atoms. The van der Waals surface area contributed by atoms with Crippen molar-refractivity contribution in [1.29, 1.82) is 0 Å². The van der Waals surface area contributed by atoms with Gasteiger partial charge >= 0.3 is 11.9 Å². The summed E-state index contributed by atoms with van der Waals surface area (Å²) in [6, 6.07) is 14.3. The number of carboxylic acids is 1. The Hall–Kier alpha value is -3.53. The van der Waals surface area contributed by atoms with Gasteiger partial charge in [-0.2, -0.15) is 0 Å². The molecule has 2 unspecified atom stereocenters. The number of aliphatic carboxylic acids is 1. The number of carbonyl (C=O) groups is 2. The highest BCUT2D eigenvalue weighted by molar-refractivity contribution is 9.10. The van der Waals surface area contributed by atoms with E-state index in [0.29, 0.717) is 14.5 Å². The van der Waals surface area contributed by atoms with Gasteiger partial charge in [0, 0.05) is 61.9 Å². The van der Waals surface area contributed by atoms with Crippen LogP contribution in [0.5, 0.6) is 0 Å². The van der Waals surface area contributed by atoms with Crippen LogP contribution in [-0.4, -0.2) is 113 Å². The van der Waals surface area contributed by atoms with Gasteiger partial charge in [-0.05, 0) is 92.6 Å². The molecule has 0 amide bonds. The number of sulfonamides is 3. The van der Waals surface area contributed by atoms with Crippen molar-refractivity contribution in [2.45, 2.75) is 52.2 Å². The number of hydrogen-bond acceptors (Lipinski definition) is 11. The number of carboxylic acid groups (broad SMARTS) is 1. The third kappa shape index (κ3) is 16.1. The van der Waals surface area contributed by atoms with E-state index in [2.05, 4.69) is 31.9 Å². The molecule has 64 heavy (non-hydrogen) atoms. The van der Waals surface area contributed by atoms with Gasteiger partial charge in [0.05, 0.1) is 18.4 Å². The number of carbonyl (C=O) groups excluding carboxylic acids is 1. The van der Waals surface area contributed by atoms with Crippen LogP contribution in [-0.2, 0) is 53.4 Å². The van der Waals surface area contributed by atoms with Crippen LogP contribution in [0.15, 0.2) is 101 Å². The second-order valence-electron chi connectivity index (χ2n) is 13.4. The van der Waals surface area contributed by atoms with Gasteiger partial charge in [0.1, 0.15) is 42.9 Å². The highest BCUT2D eigenvalue weighted by Crippen LogP contribution is 2.26. The monoisotopic (exact) mass is 1130 g/mol. The number of nitrogens with zero attached hydrogens (tertiary/aromatic N) is 3. The topological polar surface area (TPSA) is 210 Å². The maximum Gasteiger partial charge on any atom is 0.313 e. The molecule has 0 aliphatic carbocycles. The normalized spacial score (nSPS) is 12.8. The molecule has 1 N–H and O–H groups in total. The second kappa shape index (κ2) is 24.3. The fourth-order valence-electron chi connectivity index (χ4n) is 4.48. The van der Waals surface area contributed by atoms with Crippen LogP contribution in [0.1, 0.15) is 43.7 Å². The lowest BCUT2D eigenvalue weighted by Gasteiger charge is -2.14. The molecular weight excluding hydrogens is 1090 g/mol. The first-order valence-corrected chi connectivity index (χ1v) is 26.0. The minimum atomic E-state index is -3.97. The molecule has 0 bridgehead atoms. The Balaban J connectivity index is 0.000000434. The largest absolute Gasteiger partial charge is 0.481 e. The molecule has 0 aliphatic rings. The van der Waals surface area contributed by atoms with Gasteiger partial charge in [-0.3, -0.25) is 9.59 Å². The van der Waals surface area contributed by atoms with Crippen molar-refractivity contribution in [2.75, 3.05) is 48.9 Å². The minimum absolute atomic E-state index is 0.220. The summed E-state index contributed by atoms with van der Waals surface area (Å²) in [4.78, 5) is 20.6. The molecule has 0 radical (unpaired) electrons. The molecule has 4 aromatic rings. The van der Waals surface area contributed by atoms with E-state index in [-0.39, 0.29) is 17.1 Å². The fourth-order valence-corrected chi connectivity index (χ4v) is 8.87. The lowest BCUT2D eigenvalue weighted by molar-refractivity contribution is -0.144. The molecular formula is C38H44Br2ClF4N3O12S4. The van der Waals surface area contributed by atoms with Crippen molar-refractivity contribution in [3.63, 3.8) is 0 Å². The second-order valence-corrected chi connectivity index (χ2v) is 24.1. The smallest absolute Gasteiger partial charge is 0.313 e. The standard InChI is InChI=1S/C13H18FNO4S.C11H14FNO4S.C8H9BrFNO2S.C6H3BrClFO2S/c1-5-19-13(16)9(2)10-6-7-12(11(14)8-10)20(17,18)15(3)4;1-7(11(14)15)8-4-5-10(9(12)6-8)18(16,17)13(2)3;1-11(2)14(12,13)8-4-3-6(9)5-7(8)10;7-4-1-2-6(5(9)3-4)12(8,10)11/h6-9H,5H2,1-4H3;4-7H,1-3H3,(H,14,15);3-5H,1-2H3;1-3H. The van der Waals surface area contributed by atoms with E-state index in [1.165, 1.54) is 79.5 Å². The van der Waals surface area contributed by atoms with E-state index in [0.717, 1.165) is 55.4 Å². The van der Waals surface area contributed by atoms with Gasteiger partial charge in [0.2, 0.25) is 30.1 Å². The van der Waals surface area contributed by atoms with Crippen LogP contribution in [0.4, 0.5) is 17.6 Å². The Kier molecular flexibility index (Phi) is 22.2. The van der Waals surface area contributed by atoms with Crippen LogP contribution >= 0.6 is 42.5 Å². The number of hydrogen-bond donors (Lipinski definition) is 1. The average molecular weight is 1130 g/mol. The maximum absolute atomic E-state index is 14.0. The van der Waals surface area contributed by atoms with Crippen LogP contribution in [0.25, 0.3) is 0 Å². The third-order valence-electron chi connectivity index (χ3n) is 8.25. The molecule has 4 rings (SSSR count). The Bertz CT molecular complexity index is 2770. The maximum atomic E-state index is 14.0. The Morgan fingerprint density at radius 1 is 0.578 bits per heavy atom. The van der Waals surface area contributed by atoms with Crippen molar-refractivity contribution in [1.82, 2.24) is 12.9 Å². The summed E-state index contributed by atoms with van der Waals surface area (Å²) >= 11 is 6.04. The van der Waals surface area contributed by atoms with Gasteiger partial charge < -0.3 is 9.84 Å². The average Bonchev–Trinajstić information content (AvgIpc) is 3.16. The first kappa shape index (κ1) is 58.5. The van der Waals surface area contributed by atoms with Crippen LogP contribution in [0, 0.1) is 23.3 Å². The predicted octanol–water partition coefficient (Wildman–Crippen LogP) is 7.36. The third-order valence-corrected chi connectivity index (χ3v) is 16.1. The number of esters is 1. The molecule has 15 nitrogen and oxygen atoms in total. The summed E-state index contributed by atoms with van der Waals surface area (Å²) in [6.45, 7) is 4.89. The summed E-state index contributed by atoms with van der Waals surface area (Å²) in [5.41, 5.74) is 0.594. The molecule has 0 fully saturated rings. The first-order valence-electron chi connectivity index (χ1n) is 17.8. The fraction of sp³-hybridized carbons (Fsp3) is 0.316. The van der Waals surface area contributed by atoms with Crippen LogP contribution in [0.3, 0.4) is 0 Å². The summed E-state index contributed by atoms with van der Waals surface area (Å²) in [5, 5.41) is 8.79. The quantitative estimate of drug-likeness (QED) is 0.0838. The number of rotatable bonds is 12. The van der Waals surface area contributed by atoms with Gasteiger partial charge in [-0.15, -0.1) is 0 Å². The SMILES string of the molecule is CC(C(=O)O)c1ccc(S(=O)(=O)N(C)C)c(F)c1.CCOC(=O)C(C)c1ccc(S(=O)(=O)N(C)C)c(F)c1.CN(C)S(=O)(=O)c1ccc(Br)cc1F.O=S(=O)(Cl)c1ccc(Br)cc1F. The van der Waals surface area contributed by atoms with Crippen molar-refractivity contribution in [3.8, 4) is 0 Å². The van der Waals surface area contributed by atoms with Crippen molar-refractivity contribution < 1.29 is 70.7 Å². The summed E-state index contributed by atoms with van der Waals surface area (Å²) in [5.74, 6) is -6.57. The van der Waals surface area contributed by atoms with E-state index in [1.807, 2.05) is 0 Å². The zero-order valence-corrected chi connectivity index (χ0v) is 42.5. The highest BCUT2D eigenvalue weighted by atomic mass is 79.9. The van der Waals surface area contributed by atoms with Crippen molar-refractivity contribution in [3.05, 3.63) is 116 Å². The van der Waals surface area contributed by atoms with Crippen molar-refractivity contribution >= 4 is 93.6 Å².